The minimum absolute atomic E-state index is 0.130. The van der Waals surface area contributed by atoms with Crippen molar-refractivity contribution in [2.75, 3.05) is 22.5 Å². The number of anilines is 3. The number of carbonyl (C=O) groups is 1. The fraction of sp³-hybridized carbons (Fsp3) is 0.278. The molecule has 3 rings (SSSR count). The highest BCUT2D eigenvalue weighted by Crippen LogP contribution is 2.33. The number of carbonyl (C=O) groups excluding carboxylic acids is 1. The fourth-order valence-electron chi connectivity index (χ4n) is 3.05. The van der Waals surface area contributed by atoms with Crippen LogP contribution in [-0.2, 0) is 11.2 Å². The molecule has 0 saturated carbocycles. The van der Waals surface area contributed by atoms with Gasteiger partial charge in [0.1, 0.15) is 6.04 Å². The van der Waals surface area contributed by atoms with Crippen molar-refractivity contribution in [1.82, 2.24) is 0 Å². The summed E-state index contributed by atoms with van der Waals surface area (Å²) in [6.07, 6.45) is 1.91. The van der Waals surface area contributed by atoms with Crippen LogP contribution in [0.15, 0.2) is 36.4 Å². The molecule has 0 fully saturated rings. The van der Waals surface area contributed by atoms with Crippen LogP contribution in [0.4, 0.5) is 17.1 Å². The van der Waals surface area contributed by atoms with E-state index in [2.05, 4.69) is 10.2 Å². The lowest BCUT2D eigenvalue weighted by Crippen LogP contribution is -2.44. The first-order valence-electron chi connectivity index (χ1n) is 7.87. The average Bonchev–Trinajstić information content (AvgIpc) is 2.57. The number of rotatable bonds is 3. The standard InChI is InChI=1S/C18H19Cl2N3O/c1-11(18(24)22-16-10-12(19)7-8-14(16)20)23-9-3-4-13-15(21)5-2-6-17(13)23/h2,5-8,10-11H,3-4,9,21H2,1H3,(H,22,24). The second kappa shape index (κ2) is 6.91. The number of amides is 1. The zero-order valence-corrected chi connectivity index (χ0v) is 14.9. The molecule has 2 aromatic carbocycles. The zero-order valence-electron chi connectivity index (χ0n) is 13.4. The average molecular weight is 364 g/mol. The lowest BCUT2D eigenvalue weighted by Gasteiger charge is -2.36. The smallest absolute Gasteiger partial charge is 0.246 e. The van der Waals surface area contributed by atoms with Crippen LogP contribution >= 0.6 is 23.2 Å². The van der Waals surface area contributed by atoms with Crippen molar-refractivity contribution in [3.05, 3.63) is 52.0 Å². The molecule has 1 amide bonds. The summed E-state index contributed by atoms with van der Waals surface area (Å²) in [6.45, 7) is 2.69. The predicted molar refractivity (Wildman–Crippen MR) is 101 cm³/mol. The van der Waals surface area contributed by atoms with Crippen molar-refractivity contribution in [3.8, 4) is 0 Å². The Kier molecular flexibility index (Phi) is 4.88. The van der Waals surface area contributed by atoms with Crippen LogP contribution in [0, 0.1) is 0 Å². The molecule has 0 saturated heterocycles. The second-order valence-corrected chi connectivity index (χ2v) is 6.77. The van der Waals surface area contributed by atoms with Crippen molar-refractivity contribution in [3.63, 3.8) is 0 Å². The van der Waals surface area contributed by atoms with Gasteiger partial charge in [-0.15, -0.1) is 0 Å². The Balaban J connectivity index is 1.82. The minimum atomic E-state index is -0.346. The van der Waals surface area contributed by atoms with Crippen molar-refractivity contribution in [1.29, 1.82) is 0 Å². The monoisotopic (exact) mass is 363 g/mol. The number of fused-ring (bicyclic) bond motifs is 1. The summed E-state index contributed by atoms with van der Waals surface area (Å²) in [7, 11) is 0. The van der Waals surface area contributed by atoms with Crippen molar-refractivity contribution in [2.45, 2.75) is 25.8 Å². The summed E-state index contributed by atoms with van der Waals surface area (Å²) in [6, 6.07) is 10.5. The highest BCUT2D eigenvalue weighted by molar-refractivity contribution is 6.35. The molecule has 4 nitrogen and oxygen atoms in total. The Morgan fingerprint density at radius 1 is 1.29 bits per heavy atom. The molecule has 1 unspecified atom stereocenters. The molecule has 0 spiro atoms. The van der Waals surface area contributed by atoms with Crippen molar-refractivity contribution >= 4 is 46.2 Å². The normalized spacial score (nSPS) is 14.9. The van der Waals surface area contributed by atoms with E-state index in [9.17, 15) is 4.79 Å². The van der Waals surface area contributed by atoms with Gasteiger partial charge in [-0.1, -0.05) is 29.3 Å². The van der Waals surface area contributed by atoms with Crippen LogP contribution in [-0.4, -0.2) is 18.5 Å². The molecular formula is C18H19Cl2N3O. The maximum absolute atomic E-state index is 12.7. The van der Waals surface area contributed by atoms with Crippen LogP contribution in [0.25, 0.3) is 0 Å². The molecule has 0 aliphatic carbocycles. The number of benzene rings is 2. The van der Waals surface area contributed by atoms with E-state index in [-0.39, 0.29) is 11.9 Å². The van der Waals surface area contributed by atoms with E-state index in [0.29, 0.717) is 15.7 Å². The zero-order chi connectivity index (χ0) is 17.3. The molecule has 24 heavy (non-hydrogen) atoms. The Morgan fingerprint density at radius 2 is 2.08 bits per heavy atom. The van der Waals surface area contributed by atoms with Gasteiger partial charge < -0.3 is 16.0 Å². The van der Waals surface area contributed by atoms with Crippen LogP contribution in [0.2, 0.25) is 10.0 Å². The molecule has 126 valence electrons. The molecule has 1 atom stereocenters. The van der Waals surface area contributed by atoms with Crippen molar-refractivity contribution < 1.29 is 4.79 Å². The molecule has 6 heteroatoms. The van der Waals surface area contributed by atoms with E-state index < -0.39 is 0 Å². The summed E-state index contributed by atoms with van der Waals surface area (Å²) in [5.74, 6) is -0.130. The lowest BCUT2D eigenvalue weighted by molar-refractivity contribution is -0.117. The molecule has 2 aromatic rings. The summed E-state index contributed by atoms with van der Waals surface area (Å²) in [5, 5.41) is 3.85. The van der Waals surface area contributed by atoms with Gasteiger partial charge in [0.15, 0.2) is 0 Å². The van der Waals surface area contributed by atoms with Gasteiger partial charge in [0.05, 0.1) is 10.7 Å². The van der Waals surface area contributed by atoms with Crippen LogP contribution in [0.1, 0.15) is 18.9 Å². The van der Waals surface area contributed by atoms with Crippen LogP contribution in [0.5, 0.6) is 0 Å². The molecule has 1 heterocycles. The molecule has 0 aromatic heterocycles. The SMILES string of the molecule is CC(C(=O)Nc1cc(Cl)ccc1Cl)N1CCCc2c(N)cccc21. The Bertz CT molecular complexity index is 779. The number of nitrogens with zero attached hydrogens (tertiary/aromatic N) is 1. The predicted octanol–water partition coefficient (Wildman–Crippen LogP) is 4.36. The van der Waals surface area contributed by atoms with Crippen LogP contribution in [0.3, 0.4) is 0 Å². The van der Waals surface area contributed by atoms with Gasteiger partial charge in [0.25, 0.3) is 0 Å². The van der Waals surface area contributed by atoms with Gasteiger partial charge in [-0.2, -0.15) is 0 Å². The first-order chi connectivity index (χ1) is 11.5. The fourth-order valence-corrected chi connectivity index (χ4v) is 3.39. The number of nitrogen functional groups attached to an aromatic ring is 1. The lowest BCUT2D eigenvalue weighted by atomic mass is 9.98. The molecule has 1 aliphatic heterocycles. The second-order valence-electron chi connectivity index (χ2n) is 5.93. The molecule has 0 radical (unpaired) electrons. The van der Waals surface area contributed by atoms with E-state index >= 15 is 0 Å². The third kappa shape index (κ3) is 3.30. The highest BCUT2D eigenvalue weighted by atomic mass is 35.5. The van der Waals surface area contributed by atoms with E-state index in [1.54, 1.807) is 18.2 Å². The number of hydrogen-bond acceptors (Lipinski definition) is 3. The van der Waals surface area contributed by atoms with Gasteiger partial charge in [-0.3, -0.25) is 4.79 Å². The van der Waals surface area contributed by atoms with Crippen LogP contribution < -0.4 is 16.0 Å². The quantitative estimate of drug-likeness (QED) is 0.796. The van der Waals surface area contributed by atoms with Gasteiger partial charge in [-0.25, -0.2) is 0 Å². The number of nitrogens with two attached hydrogens (primary N) is 1. The largest absolute Gasteiger partial charge is 0.398 e. The molecule has 3 N–H and O–H groups in total. The van der Waals surface area contributed by atoms with E-state index in [0.717, 1.165) is 36.3 Å². The van der Waals surface area contributed by atoms with E-state index in [1.165, 1.54) is 0 Å². The topological polar surface area (TPSA) is 58.4 Å². The first-order valence-corrected chi connectivity index (χ1v) is 8.63. The van der Waals surface area contributed by atoms with Gasteiger partial charge in [0.2, 0.25) is 5.91 Å². The molecule has 1 aliphatic rings. The summed E-state index contributed by atoms with van der Waals surface area (Å²) in [4.78, 5) is 14.8. The van der Waals surface area contributed by atoms with Gasteiger partial charge >= 0.3 is 0 Å². The number of halogens is 2. The van der Waals surface area contributed by atoms with Gasteiger partial charge in [-0.05, 0) is 55.7 Å². The third-order valence-corrected chi connectivity index (χ3v) is 4.92. The summed E-state index contributed by atoms with van der Waals surface area (Å²) in [5.41, 5.74) is 9.52. The molecular weight excluding hydrogens is 345 g/mol. The van der Waals surface area contributed by atoms with Gasteiger partial charge in [0, 0.05) is 22.9 Å². The molecule has 0 bridgehead atoms. The van der Waals surface area contributed by atoms with Crippen molar-refractivity contribution in [2.24, 2.45) is 0 Å². The maximum Gasteiger partial charge on any atom is 0.246 e. The van der Waals surface area contributed by atoms with E-state index in [1.807, 2.05) is 25.1 Å². The number of nitrogens with one attached hydrogen (secondary N) is 1. The maximum atomic E-state index is 12.7. The Morgan fingerprint density at radius 3 is 2.88 bits per heavy atom. The highest BCUT2D eigenvalue weighted by Gasteiger charge is 2.27. The Hall–Kier alpha value is -1.91. The first kappa shape index (κ1) is 16.9. The third-order valence-electron chi connectivity index (χ3n) is 4.36. The minimum Gasteiger partial charge on any atom is -0.398 e. The van der Waals surface area contributed by atoms with E-state index in [4.69, 9.17) is 28.9 Å². The Labute approximate surface area is 151 Å². The number of hydrogen-bond donors (Lipinski definition) is 2. The summed E-state index contributed by atoms with van der Waals surface area (Å²) >= 11 is 12.1. The summed E-state index contributed by atoms with van der Waals surface area (Å²) < 4.78 is 0.